The van der Waals surface area contributed by atoms with Gasteiger partial charge in [-0.15, -0.1) is 0 Å². The molecule has 2 rings (SSSR count). The van der Waals surface area contributed by atoms with Gasteiger partial charge < -0.3 is 10.1 Å². The van der Waals surface area contributed by atoms with E-state index in [4.69, 9.17) is 4.74 Å². The van der Waals surface area contributed by atoms with Crippen LogP contribution >= 0.6 is 0 Å². The van der Waals surface area contributed by atoms with Crippen LogP contribution in [0.15, 0.2) is 27.8 Å². The molecule has 1 heterocycles. The normalized spacial score (nSPS) is 10.9. The van der Waals surface area contributed by atoms with E-state index >= 15 is 0 Å². The minimum atomic E-state index is -0.299. The van der Waals surface area contributed by atoms with Crippen molar-refractivity contribution >= 4 is 10.9 Å². The summed E-state index contributed by atoms with van der Waals surface area (Å²) in [5.74, 6) is 0.491. The zero-order chi connectivity index (χ0) is 14.7. The maximum Gasteiger partial charge on any atom is 0.331 e. The highest BCUT2D eigenvalue weighted by molar-refractivity contribution is 5.84. The Bertz CT molecular complexity index is 731. The number of ether oxygens (including phenoxy) is 1. The van der Waals surface area contributed by atoms with Crippen LogP contribution in [0.2, 0.25) is 0 Å². The molecule has 1 aromatic carbocycles. The smallest absolute Gasteiger partial charge is 0.331 e. The molecule has 0 saturated carbocycles. The Morgan fingerprint density at radius 1 is 1.30 bits per heavy atom. The van der Waals surface area contributed by atoms with Crippen molar-refractivity contribution < 1.29 is 4.74 Å². The van der Waals surface area contributed by atoms with Gasteiger partial charge in [-0.1, -0.05) is 6.07 Å². The van der Waals surface area contributed by atoms with E-state index in [1.807, 2.05) is 7.05 Å². The van der Waals surface area contributed by atoms with Gasteiger partial charge in [0.2, 0.25) is 0 Å². The van der Waals surface area contributed by atoms with Crippen LogP contribution in [-0.2, 0) is 13.6 Å². The second kappa shape index (κ2) is 5.92. The lowest BCUT2D eigenvalue weighted by atomic mass is 10.2. The quantitative estimate of drug-likeness (QED) is 0.799. The number of hydrogen-bond donors (Lipinski definition) is 1. The summed E-state index contributed by atoms with van der Waals surface area (Å²) in [4.78, 5) is 24.8. The SMILES string of the molecule is CNCCCn1c(=O)c2c(OC)cccc2n(C)c1=O. The summed E-state index contributed by atoms with van der Waals surface area (Å²) < 4.78 is 7.99. The first-order chi connectivity index (χ1) is 9.61. The van der Waals surface area contributed by atoms with E-state index in [1.54, 1.807) is 25.2 Å². The van der Waals surface area contributed by atoms with Crippen LogP contribution in [0.3, 0.4) is 0 Å². The third kappa shape index (κ3) is 2.34. The highest BCUT2D eigenvalue weighted by Gasteiger charge is 2.14. The van der Waals surface area contributed by atoms with Crippen LogP contribution in [0.25, 0.3) is 10.9 Å². The second-order valence-electron chi connectivity index (χ2n) is 4.61. The van der Waals surface area contributed by atoms with Crippen LogP contribution in [0.4, 0.5) is 0 Å². The van der Waals surface area contributed by atoms with Crippen molar-refractivity contribution in [1.82, 2.24) is 14.5 Å². The Kier molecular flexibility index (Phi) is 4.24. The molecule has 6 heteroatoms. The number of benzene rings is 1. The molecule has 0 aliphatic rings. The van der Waals surface area contributed by atoms with Crippen molar-refractivity contribution in [1.29, 1.82) is 0 Å². The average molecular weight is 277 g/mol. The largest absolute Gasteiger partial charge is 0.496 e. The first-order valence-electron chi connectivity index (χ1n) is 6.53. The van der Waals surface area contributed by atoms with Crippen molar-refractivity contribution in [3.8, 4) is 5.75 Å². The Labute approximate surface area is 116 Å². The topological polar surface area (TPSA) is 65.3 Å². The minimum Gasteiger partial charge on any atom is -0.496 e. The van der Waals surface area contributed by atoms with Gasteiger partial charge in [-0.2, -0.15) is 0 Å². The molecule has 0 fully saturated rings. The molecule has 0 amide bonds. The molecule has 20 heavy (non-hydrogen) atoms. The lowest BCUT2D eigenvalue weighted by Crippen LogP contribution is -2.39. The number of hydrogen-bond acceptors (Lipinski definition) is 4. The number of nitrogens with one attached hydrogen (secondary N) is 1. The maximum atomic E-state index is 12.5. The van der Waals surface area contributed by atoms with E-state index < -0.39 is 0 Å². The molecule has 6 nitrogen and oxygen atoms in total. The van der Waals surface area contributed by atoms with Gasteiger partial charge in [-0.25, -0.2) is 4.79 Å². The summed E-state index contributed by atoms with van der Waals surface area (Å²) in [5, 5.41) is 3.45. The van der Waals surface area contributed by atoms with Gasteiger partial charge >= 0.3 is 5.69 Å². The van der Waals surface area contributed by atoms with Gasteiger partial charge in [0.05, 0.1) is 12.6 Å². The summed E-state index contributed by atoms with van der Waals surface area (Å²) in [5.41, 5.74) is -0.00674. The fourth-order valence-corrected chi connectivity index (χ4v) is 2.30. The van der Waals surface area contributed by atoms with Gasteiger partial charge in [0.25, 0.3) is 5.56 Å². The predicted octanol–water partition coefficient (Wildman–Crippen LogP) is 0.318. The van der Waals surface area contributed by atoms with Gasteiger partial charge in [0.15, 0.2) is 0 Å². The molecule has 1 aromatic heterocycles. The lowest BCUT2D eigenvalue weighted by Gasteiger charge is -2.12. The Hall–Kier alpha value is -2.08. The molecule has 0 saturated heterocycles. The van der Waals surface area contributed by atoms with Gasteiger partial charge in [0, 0.05) is 13.6 Å². The molecule has 1 N–H and O–H groups in total. The summed E-state index contributed by atoms with van der Waals surface area (Å²) in [6.45, 7) is 1.14. The molecule has 0 unspecified atom stereocenters. The van der Waals surface area contributed by atoms with Crippen molar-refractivity contribution in [3.63, 3.8) is 0 Å². The number of rotatable bonds is 5. The van der Waals surface area contributed by atoms with Crippen LogP contribution in [-0.4, -0.2) is 29.8 Å². The van der Waals surface area contributed by atoms with Gasteiger partial charge in [0.1, 0.15) is 11.1 Å². The summed E-state index contributed by atoms with van der Waals surface area (Å²) >= 11 is 0. The van der Waals surface area contributed by atoms with Crippen LogP contribution in [0.1, 0.15) is 6.42 Å². The standard InChI is InChI=1S/C14H19N3O3/c1-15-8-5-9-17-13(18)12-10(16(2)14(17)19)6-4-7-11(12)20-3/h4,6-7,15H,5,8-9H2,1-3H3. The molecule has 0 atom stereocenters. The molecule has 0 bridgehead atoms. The fourth-order valence-electron chi connectivity index (χ4n) is 2.30. The number of aromatic nitrogens is 2. The summed E-state index contributed by atoms with van der Waals surface area (Å²) in [6.07, 6.45) is 0.715. The number of methoxy groups -OCH3 is 1. The van der Waals surface area contributed by atoms with Gasteiger partial charge in [-0.05, 0) is 32.1 Å². The van der Waals surface area contributed by atoms with Crippen molar-refractivity contribution in [2.45, 2.75) is 13.0 Å². The monoisotopic (exact) mass is 277 g/mol. The van der Waals surface area contributed by atoms with Crippen molar-refractivity contribution in [2.75, 3.05) is 20.7 Å². The Morgan fingerprint density at radius 3 is 2.70 bits per heavy atom. The highest BCUT2D eigenvalue weighted by Crippen LogP contribution is 2.20. The average Bonchev–Trinajstić information content (AvgIpc) is 2.47. The van der Waals surface area contributed by atoms with E-state index in [0.29, 0.717) is 29.6 Å². The zero-order valence-corrected chi connectivity index (χ0v) is 12.0. The van der Waals surface area contributed by atoms with Gasteiger partial charge in [-0.3, -0.25) is 13.9 Å². The predicted molar refractivity (Wildman–Crippen MR) is 78.5 cm³/mol. The molecule has 0 aliphatic heterocycles. The molecule has 108 valence electrons. The molecule has 0 aliphatic carbocycles. The second-order valence-corrected chi connectivity index (χ2v) is 4.61. The zero-order valence-electron chi connectivity index (χ0n) is 12.0. The number of nitrogens with zero attached hydrogens (tertiary/aromatic N) is 2. The Morgan fingerprint density at radius 2 is 2.05 bits per heavy atom. The number of aryl methyl sites for hydroxylation is 1. The van der Waals surface area contributed by atoms with E-state index in [1.165, 1.54) is 16.2 Å². The summed E-state index contributed by atoms with van der Waals surface area (Å²) in [6, 6.07) is 5.25. The van der Waals surface area contributed by atoms with E-state index in [0.717, 1.165) is 6.54 Å². The minimum absolute atomic E-state index is 0.295. The third-order valence-electron chi connectivity index (χ3n) is 3.37. The molecule has 2 aromatic rings. The molecular formula is C14H19N3O3. The Balaban J connectivity index is 2.71. The van der Waals surface area contributed by atoms with Crippen molar-refractivity contribution in [2.24, 2.45) is 7.05 Å². The number of fused-ring (bicyclic) bond motifs is 1. The fraction of sp³-hybridized carbons (Fsp3) is 0.429. The van der Waals surface area contributed by atoms with E-state index in [-0.39, 0.29) is 11.2 Å². The molecule has 0 radical (unpaired) electrons. The maximum absolute atomic E-state index is 12.5. The highest BCUT2D eigenvalue weighted by atomic mass is 16.5. The molecular weight excluding hydrogens is 258 g/mol. The van der Waals surface area contributed by atoms with Crippen LogP contribution in [0, 0.1) is 0 Å². The summed E-state index contributed by atoms with van der Waals surface area (Å²) in [7, 11) is 5.02. The third-order valence-corrected chi connectivity index (χ3v) is 3.37. The first kappa shape index (κ1) is 14.3. The van der Waals surface area contributed by atoms with E-state index in [2.05, 4.69) is 5.32 Å². The van der Waals surface area contributed by atoms with Crippen molar-refractivity contribution in [3.05, 3.63) is 39.0 Å². The lowest BCUT2D eigenvalue weighted by molar-refractivity contribution is 0.418. The van der Waals surface area contributed by atoms with Crippen LogP contribution < -0.4 is 21.3 Å². The first-order valence-corrected chi connectivity index (χ1v) is 6.53. The molecule has 0 spiro atoms. The van der Waals surface area contributed by atoms with Crippen LogP contribution in [0.5, 0.6) is 5.75 Å². The van der Waals surface area contributed by atoms with E-state index in [9.17, 15) is 9.59 Å².